The van der Waals surface area contributed by atoms with E-state index in [1.165, 1.54) is 0 Å². The van der Waals surface area contributed by atoms with E-state index in [0.717, 1.165) is 27.9 Å². The number of amides is 1. The molecule has 0 aromatic heterocycles. The summed E-state index contributed by atoms with van der Waals surface area (Å²) in [5.41, 5.74) is 1.24. The van der Waals surface area contributed by atoms with E-state index >= 15 is 0 Å². The molecule has 1 heterocycles. The third-order valence-electron chi connectivity index (χ3n) is 3.65. The number of anilines is 1. The summed E-state index contributed by atoms with van der Waals surface area (Å²) in [6.45, 7) is 3.62. The number of ether oxygens (including phenoxy) is 1. The van der Waals surface area contributed by atoms with Crippen molar-refractivity contribution in [3.63, 3.8) is 0 Å². The Hall–Kier alpha value is -0.370. The Morgan fingerprint density at radius 1 is 1.40 bits per heavy atom. The monoisotopic (exact) mass is 410 g/mol. The summed E-state index contributed by atoms with van der Waals surface area (Å²) in [6, 6.07) is 5.99. The first-order valence-corrected chi connectivity index (χ1v) is 7.49. The van der Waals surface area contributed by atoms with Crippen LogP contribution in [0.25, 0.3) is 0 Å². The van der Waals surface area contributed by atoms with E-state index in [9.17, 15) is 4.79 Å². The molecule has 4 nitrogen and oxygen atoms in total. The van der Waals surface area contributed by atoms with E-state index in [1.807, 2.05) is 19.1 Å². The zero-order valence-electron chi connectivity index (χ0n) is 11.7. The summed E-state index contributed by atoms with van der Waals surface area (Å²) in [5, 5.41) is 6.25. The Morgan fingerprint density at radius 3 is 2.60 bits per heavy atom. The van der Waals surface area contributed by atoms with Crippen molar-refractivity contribution in [3.05, 3.63) is 27.3 Å². The summed E-state index contributed by atoms with van der Waals surface area (Å²) in [7, 11) is 1.62. The van der Waals surface area contributed by atoms with E-state index in [4.69, 9.17) is 4.74 Å². The topological polar surface area (TPSA) is 50.4 Å². The van der Waals surface area contributed by atoms with Gasteiger partial charge in [0.15, 0.2) is 0 Å². The fourth-order valence-electron chi connectivity index (χ4n) is 2.36. The molecule has 0 saturated carbocycles. The van der Waals surface area contributed by atoms with Gasteiger partial charge in [0.2, 0.25) is 0 Å². The molecule has 1 fully saturated rings. The third-order valence-corrected chi connectivity index (χ3v) is 4.32. The number of benzene rings is 1. The van der Waals surface area contributed by atoms with Gasteiger partial charge < -0.3 is 15.4 Å². The number of methoxy groups -OCH3 is 1. The molecule has 0 spiro atoms. The molecular formula is C14H20ClIN2O2. The van der Waals surface area contributed by atoms with Crippen LogP contribution in [0.3, 0.4) is 0 Å². The number of halogens is 2. The van der Waals surface area contributed by atoms with E-state index in [2.05, 4.69) is 39.3 Å². The van der Waals surface area contributed by atoms with Gasteiger partial charge in [-0.25, -0.2) is 0 Å². The van der Waals surface area contributed by atoms with E-state index in [0.29, 0.717) is 12.8 Å². The number of aryl methyl sites for hydroxylation is 1. The van der Waals surface area contributed by atoms with Gasteiger partial charge in [0.25, 0.3) is 5.91 Å². The lowest BCUT2D eigenvalue weighted by Crippen LogP contribution is -2.51. The molecular weight excluding hydrogens is 391 g/mol. The van der Waals surface area contributed by atoms with Crippen molar-refractivity contribution in [1.82, 2.24) is 5.32 Å². The van der Waals surface area contributed by atoms with Gasteiger partial charge in [-0.2, -0.15) is 0 Å². The molecule has 0 unspecified atom stereocenters. The van der Waals surface area contributed by atoms with E-state index in [1.54, 1.807) is 7.11 Å². The van der Waals surface area contributed by atoms with Gasteiger partial charge in [-0.15, -0.1) is 12.4 Å². The van der Waals surface area contributed by atoms with Gasteiger partial charge in [-0.1, -0.05) is 0 Å². The first kappa shape index (κ1) is 17.7. The van der Waals surface area contributed by atoms with Gasteiger partial charge >= 0.3 is 0 Å². The quantitative estimate of drug-likeness (QED) is 0.754. The molecule has 6 heteroatoms. The molecule has 112 valence electrons. The molecule has 2 N–H and O–H groups in total. The van der Waals surface area contributed by atoms with Crippen LogP contribution in [-0.4, -0.2) is 31.7 Å². The van der Waals surface area contributed by atoms with Crippen LogP contribution in [0, 0.1) is 10.5 Å². The second-order valence-electron chi connectivity index (χ2n) is 4.86. The van der Waals surface area contributed by atoms with Crippen molar-refractivity contribution in [3.8, 4) is 0 Å². The second-order valence-corrected chi connectivity index (χ2v) is 6.11. The Morgan fingerprint density at radius 2 is 2.05 bits per heavy atom. The van der Waals surface area contributed by atoms with Crippen LogP contribution in [0.1, 0.15) is 18.4 Å². The number of hydrogen-bond acceptors (Lipinski definition) is 3. The SMILES string of the molecule is COC1(C(=O)Nc2ccc(I)cc2C)CCNCC1.Cl. The van der Waals surface area contributed by atoms with Crippen LogP contribution in [0.5, 0.6) is 0 Å². The lowest BCUT2D eigenvalue weighted by molar-refractivity contribution is -0.140. The maximum Gasteiger partial charge on any atom is 0.256 e. The first-order chi connectivity index (χ1) is 9.07. The highest BCUT2D eigenvalue weighted by molar-refractivity contribution is 14.1. The Bertz CT molecular complexity index is 476. The molecule has 1 aliphatic rings. The van der Waals surface area contributed by atoms with Crippen LogP contribution >= 0.6 is 35.0 Å². The van der Waals surface area contributed by atoms with Crippen molar-refractivity contribution < 1.29 is 9.53 Å². The summed E-state index contributed by atoms with van der Waals surface area (Å²) in [5.74, 6) is -0.0409. The first-order valence-electron chi connectivity index (χ1n) is 6.41. The third kappa shape index (κ3) is 3.84. The standard InChI is InChI=1S/C14H19IN2O2.ClH/c1-10-9-11(15)3-4-12(10)17-13(18)14(19-2)5-7-16-8-6-14;/h3-4,9,16H,5-8H2,1-2H3,(H,17,18);1H. The average molecular weight is 411 g/mol. The van der Waals surface area contributed by atoms with Gasteiger partial charge in [0, 0.05) is 16.4 Å². The minimum atomic E-state index is -0.694. The van der Waals surface area contributed by atoms with Crippen LogP contribution in [0.4, 0.5) is 5.69 Å². The van der Waals surface area contributed by atoms with Crippen LogP contribution in [0.15, 0.2) is 18.2 Å². The van der Waals surface area contributed by atoms with Crippen molar-refractivity contribution in [2.24, 2.45) is 0 Å². The van der Waals surface area contributed by atoms with Crippen LogP contribution < -0.4 is 10.6 Å². The maximum atomic E-state index is 12.5. The molecule has 20 heavy (non-hydrogen) atoms. The molecule has 1 aliphatic heterocycles. The molecule has 1 aromatic rings. The smallest absolute Gasteiger partial charge is 0.256 e. The number of nitrogens with one attached hydrogen (secondary N) is 2. The van der Waals surface area contributed by atoms with E-state index < -0.39 is 5.60 Å². The lowest BCUT2D eigenvalue weighted by Gasteiger charge is -2.34. The van der Waals surface area contributed by atoms with Crippen LogP contribution in [0.2, 0.25) is 0 Å². The second kappa shape index (κ2) is 7.59. The molecule has 0 bridgehead atoms. The summed E-state index contributed by atoms with van der Waals surface area (Å²) >= 11 is 2.26. The van der Waals surface area contributed by atoms with Gasteiger partial charge in [0.1, 0.15) is 5.60 Å². The Balaban J connectivity index is 0.00000200. The molecule has 2 rings (SSSR count). The molecule has 1 amide bonds. The highest BCUT2D eigenvalue weighted by Gasteiger charge is 2.39. The zero-order chi connectivity index (χ0) is 13.9. The number of piperidine rings is 1. The fraction of sp³-hybridized carbons (Fsp3) is 0.500. The Labute approximate surface area is 139 Å². The number of hydrogen-bond donors (Lipinski definition) is 2. The lowest BCUT2D eigenvalue weighted by atomic mass is 9.91. The highest BCUT2D eigenvalue weighted by Crippen LogP contribution is 2.26. The molecule has 0 atom stereocenters. The van der Waals surface area contributed by atoms with Crippen molar-refractivity contribution in [2.75, 3.05) is 25.5 Å². The van der Waals surface area contributed by atoms with Gasteiger partial charge in [0.05, 0.1) is 0 Å². The summed E-state index contributed by atoms with van der Waals surface area (Å²) in [6.07, 6.45) is 1.41. The maximum absolute atomic E-state index is 12.5. The largest absolute Gasteiger partial charge is 0.368 e. The Kier molecular flexibility index (Phi) is 6.71. The summed E-state index contributed by atoms with van der Waals surface area (Å²) < 4.78 is 6.69. The normalized spacial score (nSPS) is 17.1. The van der Waals surface area contributed by atoms with Crippen molar-refractivity contribution >= 4 is 46.6 Å². The molecule has 0 aliphatic carbocycles. The molecule has 1 saturated heterocycles. The number of carbonyl (C=O) groups is 1. The number of rotatable bonds is 3. The minimum Gasteiger partial charge on any atom is -0.368 e. The van der Waals surface area contributed by atoms with Crippen molar-refractivity contribution in [2.45, 2.75) is 25.4 Å². The minimum absolute atomic E-state index is 0. The summed E-state index contributed by atoms with van der Waals surface area (Å²) in [4.78, 5) is 12.5. The van der Waals surface area contributed by atoms with Crippen molar-refractivity contribution in [1.29, 1.82) is 0 Å². The number of carbonyl (C=O) groups excluding carboxylic acids is 1. The van der Waals surface area contributed by atoms with Gasteiger partial charge in [-0.3, -0.25) is 4.79 Å². The zero-order valence-corrected chi connectivity index (χ0v) is 14.6. The highest BCUT2D eigenvalue weighted by atomic mass is 127. The predicted octanol–water partition coefficient (Wildman–Crippen LogP) is 2.73. The van der Waals surface area contributed by atoms with Gasteiger partial charge in [-0.05, 0) is 79.2 Å². The molecule has 0 radical (unpaired) electrons. The predicted molar refractivity (Wildman–Crippen MR) is 91.6 cm³/mol. The average Bonchev–Trinajstić information content (AvgIpc) is 2.42. The van der Waals surface area contributed by atoms with E-state index in [-0.39, 0.29) is 18.3 Å². The van der Waals surface area contributed by atoms with Crippen LogP contribution in [-0.2, 0) is 9.53 Å². The fourth-order valence-corrected chi connectivity index (χ4v) is 3.00. The molecule has 1 aromatic carbocycles.